The van der Waals surface area contributed by atoms with E-state index in [0.717, 1.165) is 5.56 Å². The molecule has 0 bridgehead atoms. The first-order valence-electron chi connectivity index (χ1n) is 4.99. The summed E-state index contributed by atoms with van der Waals surface area (Å²) in [7, 11) is 0. The summed E-state index contributed by atoms with van der Waals surface area (Å²) in [5.74, 6) is -0.529. The first-order chi connectivity index (χ1) is 7.63. The molecule has 0 amide bonds. The number of Topliss-reactive ketones (excluding diaryl/α,β-unsaturated/α-hetero) is 1. The van der Waals surface area contributed by atoms with Crippen molar-refractivity contribution in [3.05, 3.63) is 34.9 Å². The summed E-state index contributed by atoms with van der Waals surface area (Å²) >= 11 is 0. The number of aliphatic hydroxyl groups is 2. The SMILES string of the molecule is NCc1ccc(CN)c(C(=O)C(O)CO)c1.O. The van der Waals surface area contributed by atoms with Crippen LogP contribution in [0, 0.1) is 0 Å². The predicted molar refractivity (Wildman–Crippen MR) is 63.3 cm³/mol. The molecule has 0 saturated carbocycles. The molecule has 0 aliphatic carbocycles. The average Bonchev–Trinajstić information content (AvgIpc) is 2.35. The van der Waals surface area contributed by atoms with E-state index in [9.17, 15) is 9.90 Å². The molecule has 0 aliphatic rings. The second kappa shape index (κ2) is 7.10. The predicted octanol–water partition coefficient (Wildman–Crippen LogP) is -1.68. The lowest BCUT2D eigenvalue weighted by molar-refractivity contribution is 0.0586. The first-order valence-corrected chi connectivity index (χ1v) is 4.99. The van der Waals surface area contributed by atoms with Crippen molar-refractivity contribution in [3.8, 4) is 0 Å². The molecular weight excluding hydrogens is 224 g/mol. The van der Waals surface area contributed by atoms with E-state index in [1.807, 2.05) is 0 Å². The van der Waals surface area contributed by atoms with Gasteiger partial charge in [-0.2, -0.15) is 0 Å². The van der Waals surface area contributed by atoms with Gasteiger partial charge in [-0.05, 0) is 17.2 Å². The van der Waals surface area contributed by atoms with Crippen molar-refractivity contribution in [3.63, 3.8) is 0 Å². The Balaban J connectivity index is 0.00000256. The van der Waals surface area contributed by atoms with Gasteiger partial charge in [-0.15, -0.1) is 0 Å². The van der Waals surface area contributed by atoms with E-state index in [1.54, 1.807) is 18.2 Å². The molecule has 0 aliphatic heterocycles. The van der Waals surface area contributed by atoms with Crippen molar-refractivity contribution in [1.82, 2.24) is 0 Å². The number of benzene rings is 1. The van der Waals surface area contributed by atoms with Crippen molar-refractivity contribution < 1.29 is 20.5 Å². The maximum atomic E-state index is 11.7. The third-order valence-corrected chi connectivity index (χ3v) is 2.37. The summed E-state index contributed by atoms with van der Waals surface area (Å²) in [5, 5.41) is 18.0. The normalized spacial score (nSPS) is 11.8. The smallest absolute Gasteiger partial charge is 0.193 e. The standard InChI is InChI=1S/C11H16N2O3.H2O/c12-4-7-1-2-8(5-13)9(3-7)11(16)10(15)6-14;/h1-3,10,14-15H,4-6,12-13H2;1H2. The van der Waals surface area contributed by atoms with Crippen LogP contribution in [0.25, 0.3) is 0 Å². The molecule has 0 saturated heterocycles. The zero-order valence-corrected chi connectivity index (χ0v) is 9.39. The van der Waals surface area contributed by atoms with E-state index in [-0.39, 0.29) is 12.0 Å². The summed E-state index contributed by atoms with van der Waals surface area (Å²) in [6.07, 6.45) is -1.40. The van der Waals surface area contributed by atoms with E-state index in [4.69, 9.17) is 16.6 Å². The van der Waals surface area contributed by atoms with E-state index in [2.05, 4.69) is 0 Å². The van der Waals surface area contributed by atoms with Crippen molar-refractivity contribution in [1.29, 1.82) is 0 Å². The molecule has 1 rings (SSSR count). The fraction of sp³-hybridized carbons (Fsp3) is 0.364. The minimum atomic E-state index is -1.40. The maximum Gasteiger partial charge on any atom is 0.193 e. The summed E-state index contributed by atoms with van der Waals surface area (Å²) in [6, 6.07) is 5.09. The Hall–Kier alpha value is -1.31. The molecule has 1 aromatic carbocycles. The number of carbonyl (C=O) groups excluding carboxylic acids is 1. The molecule has 6 heteroatoms. The summed E-state index contributed by atoms with van der Waals surface area (Å²) in [5.41, 5.74) is 12.7. The second-order valence-electron chi connectivity index (χ2n) is 3.46. The van der Waals surface area contributed by atoms with E-state index in [1.165, 1.54) is 0 Å². The lowest BCUT2D eigenvalue weighted by atomic mass is 9.98. The van der Waals surface area contributed by atoms with Gasteiger partial charge >= 0.3 is 0 Å². The Bertz CT molecular complexity index is 382. The number of rotatable bonds is 5. The molecular formula is C11H18N2O4. The largest absolute Gasteiger partial charge is 0.412 e. The second-order valence-corrected chi connectivity index (χ2v) is 3.46. The van der Waals surface area contributed by atoms with Crippen molar-refractivity contribution >= 4 is 5.78 Å². The van der Waals surface area contributed by atoms with Gasteiger partial charge in [0.25, 0.3) is 0 Å². The van der Waals surface area contributed by atoms with Crippen LogP contribution in [0.2, 0.25) is 0 Å². The molecule has 1 unspecified atom stereocenters. The van der Waals surface area contributed by atoms with Crippen LogP contribution in [0.3, 0.4) is 0 Å². The fourth-order valence-corrected chi connectivity index (χ4v) is 1.42. The zero-order valence-electron chi connectivity index (χ0n) is 9.39. The third kappa shape index (κ3) is 3.58. The van der Waals surface area contributed by atoms with Gasteiger partial charge in [-0.3, -0.25) is 4.79 Å². The number of nitrogens with two attached hydrogens (primary N) is 2. The topological polar surface area (TPSA) is 141 Å². The Morgan fingerprint density at radius 1 is 1.29 bits per heavy atom. The number of aliphatic hydroxyl groups excluding tert-OH is 2. The molecule has 6 nitrogen and oxygen atoms in total. The van der Waals surface area contributed by atoms with Crippen LogP contribution in [0.5, 0.6) is 0 Å². The van der Waals surface area contributed by atoms with Gasteiger partial charge in [0, 0.05) is 18.7 Å². The van der Waals surface area contributed by atoms with Crippen LogP contribution < -0.4 is 11.5 Å². The monoisotopic (exact) mass is 242 g/mol. The molecule has 17 heavy (non-hydrogen) atoms. The molecule has 1 aromatic rings. The zero-order chi connectivity index (χ0) is 12.1. The number of hydrogen-bond acceptors (Lipinski definition) is 5. The Labute approximate surface area is 99.2 Å². The van der Waals surface area contributed by atoms with Crippen LogP contribution in [0.1, 0.15) is 21.5 Å². The molecule has 96 valence electrons. The van der Waals surface area contributed by atoms with Crippen LogP contribution >= 0.6 is 0 Å². The van der Waals surface area contributed by atoms with Gasteiger partial charge in [-0.1, -0.05) is 12.1 Å². The molecule has 0 radical (unpaired) electrons. The molecule has 0 spiro atoms. The van der Waals surface area contributed by atoms with Gasteiger partial charge in [0.05, 0.1) is 6.61 Å². The lowest BCUT2D eigenvalue weighted by Gasteiger charge is -2.11. The van der Waals surface area contributed by atoms with Gasteiger partial charge in [-0.25, -0.2) is 0 Å². The van der Waals surface area contributed by atoms with Crippen molar-refractivity contribution in [2.75, 3.05) is 6.61 Å². The van der Waals surface area contributed by atoms with E-state index >= 15 is 0 Å². The highest BCUT2D eigenvalue weighted by Gasteiger charge is 2.19. The van der Waals surface area contributed by atoms with E-state index in [0.29, 0.717) is 17.7 Å². The molecule has 0 heterocycles. The van der Waals surface area contributed by atoms with Crippen molar-refractivity contribution in [2.45, 2.75) is 19.2 Å². The van der Waals surface area contributed by atoms with Crippen LogP contribution in [-0.2, 0) is 13.1 Å². The molecule has 1 atom stereocenters. The lowest BCUT2D eigenvalue weighted by Crippen LogP contribution is -2.26. The Morgan fingerprint density at radius 2 is 1.94 bits per heavy atom. The van der Waals surface area contributed by atoms with Crippen LogP contribution in [-0.4, -0.2) is 34.2 Å². The highest BCUT2D eigenvalue weighted by molar-refractivity contribution is 6.00. The Morgan fingerprint density at radius 3 is 2.41 bits per heavy atom. The van der Waals surface area contributed by atoms with E-state index < -0.39 is 18.5 Å². The quantitative estimate of drug-likeness (QED) is 0.456. The minimum Gasteiger partial charge on any atom is -0.412 e. The van der Waals surface area contributed by atoms with Gasteiger partial charge in [0.15, 0.2) is 5.78 Å². The summed E-state index contributed by atoms with van der Waals surface area (Å²) < 4.78 is 0. The fourth-order valence-electron chi connectivity index (χ4n) is 1.42. The van der Waals surface area contributed by atoms with Gasteiger partial charge in [0.1, 0.15) is 6.10 Å². The highest BCUT2D eigenvalue weighted by atomic mass is 16.3. The first kappa shape index (κ1) is 15.7. The molecule has 0 aromatic heterocycles. The number of carbonyl (C=O) groups is 1. The average molecular weight is 242 g/mol. The number of hydrogen-bond donors (Lipinski definition) is 4. The number of ketones is 1. The third-order valence-electron chi connectivity index (χ3n) is 2.37. The molecule has 0 fully saturated rings. The van der Waals surface area contributed by atoms with Gasteiger partial charge < -0.3 is 27.2 Å². The Kier molecular flexibility index (Phi) is 6.55. The van der Waals surface area contributed by atoms with Crippen LogP contribution in [0.4, 0.5) is 0 Å². The van der Waals surface area contributed by atoms with Crippen LogP contribution in [0.15, 0.2) is 18.2 Å². The van der Waals surface area contributed by atoms with Crippen molar-refractivity contribution in [2.24, 2.45) is 11.5 Å². The molecule has 8 N–H and O–H groups in total. The summed E-state index contributed by atoms with van der Waals surface area (Å²) in [4.78, 5) is 11.7. The minimum absolute atomic E-state index is 0. The summed E-state index contributed by atoms with van der Waals surface area (Å²) in [6.45, 7) is -0.0971. The highest BCUT2D eigenvalue weighted by Crippen LogP contribution is 2.14. The maximum absolute atomic E-state index is 11.7. The van der Waals surface area contributed by atoms with Gasteiger partial charge in [0.2, 0.25) is 0 Å².